The lowest BCUT2D eigenvalue weighted by Crippen LogP contribution is -2.08. The van der Waals surface area contributed by atoms with Gasteiger partial charge in [0.25, 0.3) is 0 Å². The molecule has 1 heterocycles. The van der Waals surface area contributed by atoms with E-state index in [0.717, 1.165) is 0 Å². The van der Waals surface area contributed by atoms with Crippen LogP contribution in [0.3, 0.4) is 0 Å². The van der Waals surface area contributed by atoms with E-state index in [4.69, 9.17) is 11.6 Å². The van der Waals surface area contributed by atoms with Gasteiger partial charge in [0.2, 0.25) is 0 Å². The fraction of sp³-hybridized carbons (Fsp3) is 0.286. The van der Waals surface area contributed by atoms with Crippen LogP contribution in [0.2, 0.25) is 5.02 Å². The van der Waals surface area contributed by atoms with Crippen molar-refractivity contribution in [1.82, 2.24) is 0 Å². The highest BCUT2D eigenvalue weighted by molar-refractivity contribution is 7.12. The summed E-state index contributed by atoms with van der Waals surface area (Å²) in [4.78, 5) is 2.51. The highest BCUT2D eigenvalue weighted by Crippen LogP contribution is 2.32. The van der Waals surface area contributed by atoms with Gasteiger partial charge in [-0.15, -0.1) is 11.3 Å². The Morgan fingerprint density at radius 1 is 1.33 bits per heavy atom. The van der Waals surface area contributed by atoms with Crippen LogP contribution in [0.25, 0.3) is 0 Å². The van der Waals surface area contributed by atoms with Gasteiger partial charge in [-0.3, -0.25) is 0 Å². The number of hydrogen-bond donors (Lipinski definition) is 1. The molecule has 96 valence electrons. The molecule has 0 aliphatic rings. The number of thiophene rings is 1. The summed E-state index contributed by atoms with van der Waals surface area (Å²) >= 11 is 7.76. The summed E-state index contributed by atoms with van der Waals surface area (Å²) in [5.74, 6) is -0.320. The van der Waals surface area contributed by atoms with Gasteiger partial charge >= 0.3 is 0 Å². The molecule has 0 saturated carbocycles. The Morgan fingerprint density at radius 3 is 2.61 bits per heavy atom. The van der Waals surface area contributed by atoms with Crippen LogP contribution in [0.5, 0.6) is 0 Å². The fourth-order valence-corrected chi connectivity index (χ4v) is 3.25. The van der Waals surface area contributed by atoms with Gasteiger partial charge in [0, 0.05) is 15.8 Å². The Balaban J connectivity index is 2.26. The largest absolute Gasteiger partial charge is 0.375 e. The summed E-state index contributed by atoms with van der Waals surface area (Å²) < 4.78 is 13.7. The average molecular weight is 284 g/mol. The van der Waals surface area contributed by atoms with E-state index in [2.05, 4.69) is 25.2 Å². The predicted molar refractivity (Wildman–Crippen MR) is 77.2 cm³/mol. The van der Waals surface area contributed by atoms with Crippen LogP contribution < -0.4 is 5.32 Å². The molecule has 4 heteroatoms. The number of halogens is 2. The van der Waals surface area contributed by atoms with Crippen molar-refractivity contribution in [3.8, 4) is 0 Å². The molecule has 1 unspecified atom stereocenters. The summed E-state index contributed by atoms with van der Waals surface area (Å²) in [7, 11) is 0. The Bertz CT molecular complexity index is 545. The van der Waals surface area contributed by atoms with Gasteiger partial charge in [0.15, 0.2) is 0 Å². The number of aryl methyl sites for hydroxylation is 2. The Kier molecular flexibility index (Phi) is 3.93. The van der Waals surface area contributed by atoms with Crippen LogP contribution in [0, 0.1) is 19.7 Å². The minimum Gasteiger partial charge on any atom is -0.375 e. The maximum Gasteiger partial charge on any atom is 0.147 e. The second-order valence-electron chi connectivity index (χ2n) is 4.33. The minimum atomic E-state index is -0.320. The zero-order chi connectivity index (χ0) is 13.3. The van der Waals surface area contributed by atoms with E-state index in [1.165, 1.54) is 21.4 Å². The van der Waals surface area contributed by atoms with E-state index in [-0.39, 0.29) is 11.9 Å². The Morgan fingerprint density at radius 2 is 2.06 bits per heavy atom. The van der Waals surface area contributed by atoms with Gasteiger partial charge in [-0.1, -0.05) is 17.7 Å². The minimum absolute atomic E-state index is 0.0318. The summed E-state index contributed by atoms with van der Waals surface area (Å²) in [5.41, 5.74) is 1.56. The van der Waals surface area contributed by atoms with E-state index < -0.39 is 0 Å². The van der Waals surface area contributed by atoms with Crippen molar-refractivity contribution in [3.63, 3.8) is 0 Å². The maximum atomic E-state index is 13.7. The molecule has 18 heavy (non-hydrogen) atoms. The molecule has 0 fully saturated rings. The van der Waals surface area contributed by atoms with Crippen molar-refractivity contribution in [2.24, 2.45) is 0 Å². The first-order chi connectivity index (χ1) is 8.49. The van der Waals surface area contributed by atoms with Crippen LogP contribution in [-0.4, -0.2) is 0 Å². The quantitative estimate of drug-likeness (QED) is 0.803. The van der Waals surface area contributed by atoms with Gasteiger partial charge in [-0.05, 0) is 44.5 Å². The van der Waals surface area contributed by atoms with Crippen molar-refractivity contribution < 1.29 is 4.39 Å². The Hall–Kier alpha value is -1.06. The van der Waals surface area contributed by atoms with E-state index in [0.29, 0.717) is 10.7 Å². The third-order valence-corrected chi connectivity index (χ3v) is 4.17. The summed E-state index contributed by atoms with van der Waals surface area (Å²) in [5, 5.41) is 3.56. The molecule has 0 aliphatic carbocycles. The van der Waals surface area contributed by atoms with Crippen molar-refractivity contribution in [2.75, 3.05) is 5.32 Å². The van der Waals surface area contributed by atoms with Gasteiger partial charge in [-0.2, -0.15) is 0 Å². The maximum absolute atomic E-state index is 13.7. The number of nitrogens with one attached hydrogen (secondary N) is 1. The van der Waals surface area contributed by atoms with Crippen molar-refractivity contribution in [1.29, 1.82) is 0 Å². The first-order valence-electron chi connectivity index (χ1n) is 5.76. The van der Waals surface area contributed by atoms with E-state index in [1.807, 2.05) is 6.92 Å². The number of hydrogen-bond acceptors (Lipinski definition) is 2. The van der Waals surface area contributed by atoms with Gasteiger partial charge < -0.3 is 5.32 Å². The lowest BCUT2D eigenvalue weighted by molar-refractivity contribution is 0.627. The molecule has 2 aromatic rings. The van der Waals surface area contributed by atoms with Crippen molar-refractivity contribution >= 4 is 28.6 Å². The zero-order valence-electron chi connectivity index (χ0n) is 10.6. The van der Waals surface area contributed by atoms with Crippen LogP contribution in [0.4, 0.5) is 10.1 Å². The number of anilines is 1. The van der Waals surface area contributed by atoms with E-state index in [9.17, 15) is 4.39 Å². The van der Waals surface area contributed by atoms with Gasteiger partial charge in [0.1, 0.15) is 5.82 Å². The third-order valence-electron chi connectivity index (χ3n) is 2.87. The number of rotatable bonds is 3. The van der Waals surface area contributed by atoms with Crippen LogP contribution in [-0.2, 0) is 0 Å². The molecule has 0 aliphatic heterocycles. The molecule has 0 spiro atoms. The van der Waals surface area contributed by atoms with E-state index >= 15 is 0 Å². The van der Waals surface area contributed by atoms with Crippen molar-refractivity contribution in [2.45, 2.75) is 26.8 Å². The molecule has 0 bridgehead atoms. The molecule has 0 saturated heterocycles. The summed E-state index contributed by atoms with van der Waals surface area (Å²) in [6.07, 6.45) is 0. The van der Waals surface area contributed by atoms with E-state index in [1.54, 1.807) is 23.5 Å². The van der Waals surface area contributed by atoms with Crippen molar-refractivity contribution in [3.05, 3.63) is 50.4 Å². The molecule has 1 N–H and O–H groups in total. The number of para-hydroxylation sites is 1. The first-order valence-corrected chi connectivity index (χ1v) is 6.96. The van der Waals surface area contributed by atoms with Gasteiger partial charge in [-0.25, -0.2) is 4.39 Å². The molecule has 1 atom stereocenters. The molecule has 0 amide bonds. The number of benzene rings is 1. The topological polar surface area (TPSA) is 12.0 Å². The average Bonchev–Trinajstić information content (AvgIpc) is 2.63. The lowest BCUT2D eigenvalue weighted by Gasteiger charge is -2.17. The fourth-order valence-electron chi connectivity index (χ4n) is 2.01. The summed E-state index contributed by atoms with van der Waals surface area (Å²) in [6, 6.07) is 6.86. The summed E-state index contributed by atoms with van der Waals surface area (Å²) in [6.45, 7) is 6.16. The van der Waals surface area contributed by atoms with Crippen LogP contribution in [0.1, 0.15) is 28.3 Å². The molecule has 1 nitrogen and oxygen atoms in total. The molecule has 2 rings (SSSR count). The second-order valence-corrected chi connectivity index (χ2v) is 6.20. The van der Waals surface area contributed by atoms with Crippen LogP contribution >= 0.6 is 22.9 Å². The second kappa shape index (κ2) is 5.29. The predicted octanol–water partition coefficient (Wildman–Crippen LogP) is 5.33. The lowest BCUT2D eigenvalue weighted by atomic mass is 10.1. The highest BCUT2D eigenvalue weighted by Gasteiger charge is 2.14. The molecule has 1 aromatic carbocycles. The smallest absolute Gasteiger partial charge is 0.147 e. The molecule has 1 aromatic heterocycles. The van der Waals surface area contributed by atoms with Gasteiger partial charge in [0.05, 0.1) is 10.7 Å². The highest BCUT2D eigenvalue weighted by atomic mass is 35.5. The Labute approximate surface area is 116 Å². The normalized spacial score (nSPS) is 12.5. The SMILES string of the molecule is Cc1cc(C(C)Nc2c(F)cccc2Cl)c(C)s1. The zero-order valence-corrected chi connectivity index (χ0v) is 12.1. The monoisotopic (exact) mass is 283 g/mol. The first kappa shape index (κ1) is 13.4. The molecular formula is C14H15ClFNS. The molecule has 0 radical (unpaired) electrons. The third kappa shape index (κ3) is 2.68. The molecular weight excluding hydrogens is 269 g/mol. The van der Waals surface area contributed by atoms with Crippen LogP contribution in [0.15, 0.2) is 24.3 Å². The standard InChI is InChI=1S/C14H15ClFNS/c1-8-7-11(10(3)18-8)9(2)17-14-12(15)5-4-6-13(14)16/h4-7,9,17H,1-3H3.